The summed E-state index contributed by atoms with van der Waals surface area (Å²) in [6.07, 6.45) is 1.46. The Morgan fingerprint density at radius 3 is 2.88 bits per heavy atom. The van der Waals surface area contributed by atoms with Gasteiger partial charge in [-0.05, 0) is 28.1 Å². The van der Waals surface area contributed by atoms with Crippen molar-refractivity contribution in [3.63, 3.8) is 0 Å². The van der Waals surface area contributed by atoms with Crippen molar-refractivity contribution >= 4 is 33.9 Å². The number of hydrazone groups is 1. The molecule has 0 spiro atoms. The van der Waals surface area contributed by atoms with Crippen LogP contribution in [0.15, 0.2) is 44.3 Å². The highest BCUT2D eigenvalue weighted by molar-refractivity contribution is 9.10. The van der Waals surface area contributed by atoms with Crippen molar-refractivity contribution in [3.05, 3.63) is 46.1 Å². The van der Waals surface area contributed by atoms with Crippen LogP contribution in [0.25, 0.3) is 0 Å². The molecular weight excluding hydrogens is 390 g/mol. The number of carbonyl (C=O) groups excluding carboxylic acids is 1. The number of morpholine rings is 1. The second-order valence-electron chi connectivity index (χ2n) is 5.30. The van der Waals surface area contributed by atoms with Crippen LogP contribution in [-0.2, 0) is 4.74 Å². The maximum atomic E-state index is 12.2. The summed E-state index contributed by atoms with van der Waals surface area (Å²) in [6.45, 7) is 2.89. The molecule has 0 bridgehead atoms. The van der Waals surface area contributed by atoms with Crippen molar-refractivity contribution in [3.8, 4) is 5.75 Å². The number of rotatable bonds is 5. The van der Waals surface area contributed by atoms with Crippen LogP contribution < -0.4 is 15.1 Å². The Balaban J connectivity index is 1.65. The van der Waals surface area contributed by atoms with Gasteiger partial charge in [0.15, 0.2) is 5.76 Å². The van der Waals surface area contributed by atoms with E-state index < -0.39 is 0 Å². The molecule has 0 saturated carbocycles. The van der Waals surface area contributed by atoms with Gasteiger partial charge in [0, 0.05) is 19.2 Å². The first-order valence-electron chi connectivity index (χ1n) is 7.77. The number of halogens is 1. The van der Waals surface area contributed by atoms with Crippen molar-refractivity contribution < 1.29 is 18.7 Å². The lowest BCUT2D eigenvalue weighted by Gasteiger charge is -2.26. The summed E-state index contributed by atoms with van der Waals surface area (Å²) in [6, 6.07) is 8.76. The number of benzene rings is 1. The van der Waals surface area contributed by atoms with Gasteiger partial charge in [-0.1, -0.05) is 12.1 Å². The molecule has 0 radical (unpaired) electrons. The number of amides is 1. The van der Waals surface area contributed by atoms with Crippen molar-refractivity contribution in [1.82, 2.24) is 5.43 Å². The Morgan fingerprint density at radius 2 is 2.12 bits per heavy atom. The largest absolute Gasteiger partial charge is 0.496 e. The number of carbonyl (C=O) groups is 1. The molecule has 0 aliphatic carbocycles. The molecule has 1 amide bonds. The highest BCUT2D eigenvalue weighted by atomic mass is 79.9. The SMILES string of the molecule is COc1ccccc1C(=O)N/N=C\c1cc(Br)c(N2CCOCC2)o1. The Hall–Kier alpha value is -2.32. The van der Waals surface area contributed by atoms with Gasteiger partial charge >= 0.3 is 0 Å². The summed E-state index contributed by atoms with van der Waals surface area (Å²) in [7, 11) is 1.52. The first-order valence-corrected chi connectivity index (χ1v) is 8.57. The third-order valence-corrected chi connectivity index (χ3v) is 4.26. The van der Waals surface area contributed by atoms with Gasteiger partial charge < -0.3 is 18.8 Å². The summed E-state index contributed by atoms with van der Waals surface area (Å²) in [5, 5.41) is 3.96. The molecule has 1 aromatic carbocycles. The Morgan fingerprint density at radius 1 is 1.36 bits per heavy atom. The Labute approximate surface area is 153 Å². The quantitative estimate of drug-likeness (QED) is 0.608. The molecule has 3 rings (SSSR count). The van der Waals surface area contributed by atoms with Gasteiger partial charge in [0.25, 0.3) is 5.91 Å². The molecule has 0 atom stereocenters. The number of anilines is 1. The zero-order valence-corrected chi connectivity index (χ0v) is 15.3. The third-order valence-electron chi connectivity index (χ3n) is 3.70. The summed E-state index contributed by atoms with van der Waals surface area (Å²) >= 11 is 3.49. The van der Waals surface area contributed by atoms with Crippen molar-refractivity contribution in [2.45, 2.75) is 0 Å². The molecule has 8 heteroatoms. The topological polar surface area (TPSA) is 76.3 Å². The van der Waals surface area contributed by atoms with Gasteiger partial charge in [-0.25, -0.2) is 5.43 Å². The zero-order valence-electron chi connectivity index (χ0n) is 13.7. The van der Waals surface area contributed by atoms with Gasteiger partial charge in [0.1, 0.15) is 5.75 Å². The third kappa shape index (κ3) is 4.21. The average molecular weight is 408 g/mol. The molecular formula is C17H18BrN3O4. The van der Waals surface area contributed by atoms with E-state index in [1.54, 1.807) is 24.3 Å². The van der Waals surface area contributed by atoms with E-state index in [-0.39, 0.29) is 5.91 Å². The second kappa shape index (κ2) is 8.17. The smallest absolute Gasteiger partial charge is 0.275 e. The molecule has 1 aromatic heterocycles. The van der Waals surface area contributed by atoms with Crippen LogP contribution in [0.2, 0.25) is 0 Å². The van der Waals surface area contributed by atoms with E-state index in [2.05, 4.69) is 31.4 Å². The minimum atomic E-state index is -0.354. The number of ether oxygens (including phenoxy) is 2. The first-order chi connectivity index (χ1) is 12.2. The standard InChI is InChI=1S/C17H18BrN3O4/c1-23-15-5-3-2-4-13(15)16(22)20-19-11-12-10-14(18)17(25-12)21-6-8-24-9-7-21/h2-5,10-11H,6-9H2,1H3,(H,20,22)/b19-11-. The predicted molar refractivity (Wildman–Crippen MR) is 97.5 cm³/mol. The van der Waals surface area contributed by atoms with E-state index >= 15 is 0 Å². The lowest BCUT2D eigenvalue weighted by molar-refractivity contribution is 0.0952. The van der Waals surface area contributed by atoms with Gasteiger partial charge in [-0.15, -0.1) is 0 Å². The summed E-state index contributed by atoms with van der Waals surface area (Å²) < 4.78 is 17.1. The fourth-order valence-corrected chi connectivity index (χ4v) is 3.03. The van der Waals surface area contributed by atoms with E-state index in [1.165, 1.54) is 13.3 Å². The number of hydrogen-bond acceptors (Lipinski definition) is 6. The highest BCUT2D eigenvalue weighted by Crippen LogP contribution is 2.30. The molecule has 1 N–H and O–H groups in total. The van der Waals surface area contributed by atoms with E-state index in [0.29, 0.717) is 30.3 Å². The van der Waals surface area contributed by atoms with Crippen LogP contribution in [0.5, 0.6) is 5.75 Å². The minimum Gasteiger partial charge on any atom is -0.496 e. The van der Waals surface area contributed by atoms with Crippen LogP contribution >= 0.6 is 15.9 Å². The normalized spacial score (nSPS) is 14.7. The van der Waals surface area contributed by atoms with Gasteiger partial charge in [-0.2, -0.15) is 5.10 Å². The maximum Gasteiger partial charge on any atom is 0.275 e. The van der Waals surface area contributed by atoms with E-state index in [4.69, 9.17) is 13.9 Å². The van der Waals surface area contributed by atoms with Gasteiger partial charge in [0.2, 0.25) is 5.88 Å². The number of nitrogens with zero attached hydrogens (tertiary/aromatic N) is 2. The molecule has 1 fully saturated rings. The molecule has 2 heterocycles. The molecule has 1 aliphatic rings. The average Bonchev–Trinajstić information content (AvgIpc) is 3.03. The molecule has 25 heavy (non-hydrogen) atoms. The molecule has 7 nitrogen and oxygen atoms in total. The molecule has 0 unspecified atom stereocenters. The van der Waals surface area contributed by atoms with Crippen molar-refractivity contribution in [2.75, 3.05) is 38.3 Å². The highest BCUT2D eigenvalue weighted by Gasteiger charge is 2.18. The number of furan rings is 1. The monoisotopic (exact) mass is 407 g/mol. The molecule has 132 valence electrons. The van der Waals surface area contributed by atoms with E-state index in [0.717, 1.165) is 23.4 Å². The van der Waals surface area contributed by atoms with Crippen molar-refractivity contribution in [1.29, 1.82) is 0 Å². The van der Waals surface area contributed by atoms with Gasteiger partial charge in [-0.3, -0.25) is 4.79 Å². The summed E-state index contributed by atoms with van der Waals surface area (Å²) in [5.74, 6) is 1.41. The molecule has 1 aliphatic heterocycles. The number of nitrogens with one attached hydrogen (secondary N) is 1. The van der Waals surface area contributed by atoms with E-state index in [9.17, 15) is 4.79 Å². The van der Waals surface area contributed by atoms with Crippen LogP contribution in [0.4, 0.5) is 5.88 Å². The Bertz CT molecular complexity index is 769. The Kier molecular flexibility index (Phi) is 5.72. The van der Waals surface area contributed by atoms with Crippen LogP contribution in [0.1, 0.15) is 16.1 Å². The molecule has 2 aromatic rings. The fraction of sp³-hybridized carbons (Fsp3) is 0.294. The van der Waals surface area contributed by atoms with Gasteiger partial charge in [0.05, 0.1) is 36.6 Å². The minimum absolute atomic E-state index is 0.354. The van der Waals surface area contributed by atoms with Crippen LogP contribution in [-0.4, -0.2) is 45.5 Å². The van der Waals surface area contributed by atoms with Crippen molar-refractivity contribution in [2.24, 2.45) is 5.10 Å². The van der Waals surface area contributed by atoms with E-state index in [1.807, 2.05) is 6.07 Å². The first kappa shape index (κ1) is 17.5. The lowest BCUT2D eigenvalue weighted by Crippen LogP contribution is -2.36. The predicted octanol–water partition coefficient (Wildman–Crippen LogP) is 2.65. The maximum absolute atomic E-state index is 12.2. The van der Waals surface area contributed by atoms with Crippen LogP contribution in [0.3, 0.4) is 0 Å². The lowest BCUT2D eigenvalue weighted by atomic mass is 10.2. The fourth-order valence-electron chi connectivity index (χ4n) is 2.47. The number of para-hydroxylation sites is 1. The summed E-state index contributed by atoms with van der Waals surface area (Å²) in [4.78, 5) is 14.3. The molecule has 1 saturated heterocycles. The number of hydrogen-bond donors (Lipinski definition) is 1. The second-order valence-corrected chi connectivity index (χ2v) is 6.16. The number of methoxy groups -OCH3 is 1. The van der Waals surface area contributed by atoms with Crippen LogP contribution in [0, 0.1) is 0 Å². The summed E-state index contributed by atoms with van der Waals surface area (Å²) in [5.41, 5.74) is 2.89. The zero-order chi connectivity index (χ0) is 17.6.